The van der Waals surface area contributed by atoms with Crippen molar-refractivity contribution >= 4 is 21.9 Å². The van der Waals surface area contributed by atoms with Crippen LogP contribution in [0.5, 0.6) is 11.5 Å². The molecule has 0 bridgehead atoms. The van der Waals surface area contributed by atoms with Crippen LogP contribution in [0.25, 0.3) is 21.9 Å². The Bertz CT molecular complexity index is 1330. The Labute approximate surface area is 190 Å². The Morgan fingerprint density at radius 2 is 1.91 bits per heavy atom. The molecule has 176 valence electrons. The van der Waals surface area contributed by atoms with E-state index in [1.54, 1.807) is 19.9 Å². The highest BCUT2D eigenvalue weighted by atomic mass is 16.5. The number of phenolic OH excluding ortho intramolecular Hbond substituents is 1. The summed E-state index contributed by atoms with van der Waals surface area (Å²) in [5.74, 6) is -0.431. The molecular formula is C25H28O8. The maximum Gasteiger partial charge on any atom is 0.204 e. The smallest absolute Gasteiger partial charge is 0.204 e. The zero-order chi connectivity index (χ0) is 24.4. The van der Waals surface area contributed by atoms with Gasteiger partial charge in [-0.1, -0.05) is 12.2 Å². The molecular weight excluding hydrogens is 428 g/mol. The number of aromatic hydroxyl groups is 1. The number of phenols is 1. The summed E-state index contributed by atoms with van der Waals surface area (Å²) in [4.78, 5) is 13.7. The lowest BCUT2D eigenvalue weighted by molar-refractivity contribution is -0.107. The van der Waals surface area contributed by atoms with Gasteiger partial charge in [-0.15, -0.1) is 0 Å². The van der Waals surface area contributed by atoms with Crippen molar-refractivity contribution in [3.63, 3.8) is 0 Å². The largest absolute Gasteiger partial charge is 0.507 e. The van der Waals surface area contributed by atoms with Crippen molar-refractivity contribution in [2.75, 3.05) is 6.61 Å². The van der Waals surface area contributed by atoms with Gasteiger partial charge in [0.25, 0.3) is 0 Å². The molecule has 0 saturated heterocycles. The number of fused-ring (bicyclic) bond motifs is 4. The Hall–Kier alpha value is -2.91. The molecule has 1 aliphatic heterocycles. The maximum atomic E-state index is 13.7. The van der Waals surface area contributed by atoms with Gasteiger partial charge in [-0.3, -0.25) is 4.79 Å². The van der Waals surface area contributed by atoms with Gasteiger partial charge in [0, 0.05) is 17.0 Å². The lowest BCUT2D eigenvalue weighted by Gasteiger charge is -2.32. The second-order valence-electron chi connectivity index (χ2n) is 9.37. The van der Waals surface area contributed by atoms with E-state index in [0.29, 0.717) is 16.9 Å². The first-order valence-corrected chi connectivity index (χ1v) is 10.6. The third-order valence-electron chi connectivity index (χ3n) is 6.36. The van der Waals surface area contributed by atoms with Gasteiger partial charge in [0.1, 0.15) is 40.3 Å². The summed E-state index contributed by atoms with van der Waals surface area (Å²) in [6.07, 6.45) is -4.26. The number of aliphatic hydroxyl groups is 4. The molecule has 8 nitrogen and oxygen atoms in total. The van der Waals surface area contributed by atoms with Gasteiger partial charge < -0.3 is 34.7 Å². The van der Waals surface area contributed by atoms with Crippen molar-refractivity contribution in [3.8, 4) is 11.5 Å². The van der Waals surface area contributed by atoms with Crippen molar-refractivity contribution < 1.29 is 34.7 Å². The van der Waals surface area contributed by atoms with Crippen LogP contribution in [0.15, 0.2) is 39.6 Å². The molecule has 4 atom stereocenters. The number of aryl methyl sites for hydroxylation is 1. The minimum absolute atomic E-state index is 0.0309. The van der Waals surface area contributed by atoms with Crippen LogP contribution in [0.2, 0.25) is 0 Å². The lowest BCUT2D eigenvalue weighted by Crippen LogP contribution is -2.40. The highest BCUT2D eigenvalue weighted by molar-refractivity contribution is 5.97. The van der Waals surface area contributed by atoms with Crippen LogP contribution in [-0.2, 0) is 0 Å². The maximum absolute atomic E-state index is 13.7. The number of benzene rings is 2. The second-order valence-corrected chi connectivity index (χ2v) is 9.37. The molecule has 4 rings (SSSR count). The third-order valence-corrected chi connectivity index (χ3v) is 6.36. The van der Waals surface area contributed by atoms with Gasteiger partial charge in [-0.2, -0.15) is 0 Å². The van der Waals surface area contributed by atoms with Crippen LogP contribution >= 0.6 is 0 Å². The van der Waals surface area contributed by atoms with E-state index in [4.69, 9.17) is 9.15 Å². The second kappa shape index (κ2) is 7.85. The highest BCUT2D eigenvalue weighted by Crippen LogP contribution is 2.45. The molecule has 5 N–H and O–H groups in total. The first-order valence-electron chi connectivity index (χ1n) is 10.6. The van der Waals surface area contributed by atoms with Crippen LogP contribution in [0.3, 0.4) is 0 Å². The van der Waals surface area contributed by atoms with Crippen molar-refractivity contribution in [1.82, 2.24) is 0 Å². The fourth-order valence-electron chi connectivity index (χ4n) is 4.40. The van der Waals surface area contributed by atoms with Crippen LogP contribution in [0.4, 0.5) is 0 Å². The average Bonchev–Trinajstić information content (AvgIpc) is 2.72. The van der Waals surface area contributed by atoms with Crippen molar-refractivity contribution in [3.05, 3.63) is 57.3 Å². The molecule has 1 aromatic heterocycles. The molecule has 0 radical (unpaired) electrons. The SMILES string of the molecule is C=C(C)[C@@H]1COc2c(C)cc3oc4c([C@@H](O)[C@@H](O)C(C)(C)O)ccc(O)c4c(=O)c3c2[C@@H]1O. The van der Waals surface area contributed by atoms with Gasteiger partial charge in [0.05, 0.1) is 23.7 Å². The fourth-order valence-corrected chi connectivity index (χ4v) is 4.40. The quantitative estimate of drug-likeness (QED) is 0.298. The highest BCUT2D eigenvalue weighted by Gasteiger charge is 2.37. The summed E-state index contributed by atoms with van der Waals surface area (Å²) >= 11 is 0. The Kier molecular flexibility index (Phi) is 5.53. The molecule has 0 spiro atoms. The number of rotatable bonds is 4. The Balaban J connectivity index is 2.08. The molecule has 0 saturated carbocycles. The predicted octanol–water partition coefficient (Wildman–Crippen LogP) is 2.74. The summed E-state index contributed by atoms with van der Waals surface area (Å²) in [6.45, 7) is 10.3. The van der Waals surface area contributed by atoms with Gasteiger partial charge in [-0.05, 0) is 51.5 Å². The molecule has 0 unspecified atom stereocenters. The van der Waals surface area contributed by atoms with Crippen LogP contribution in [-0.4, -0.2) is 43.8 Å². The molecule has 2 heterocycles. The minimum Gasteiger partial charge on any atom is -0.507 e. The third kappa shape index (κ3) is 3.59. The fraction of sp³-hybridized carbons (Fsp3) is 0.400. The van der Waals surface area contributed by atoms with E-state index in [1.165, 1.54) is 26.0 Å². The van der Waals surface area contributed by atoms with Crippen molar-refractivity contribution in [2.24, 2.45) is 5.92 Å². The summed E-state index contributed by atoms with van der Waals surface area (Å²) in [7, 11) is 0. The monoisotopic (exact) mass is 456 g/mol. The zero-order valence-electron chi connectivity index (χ0n) is 18.9. The first kappa shape index (κ1) is 23.3. The minimum atomic E-state index is -1.64. The summed E-state index contributed by atoms with van der Waals surface area (Å²) < 4.78 is 11.9. The Morgan fingerprint density at radius 1 is 1.24 bits per heavy atom. The van der Waals surface area contributed by atoms with E-state index in [0.717, 1.165) is 0 Å². The molecule has 8 heteroatoms. The van der Waals surface area contributed by atoms with Crippen molar-refractivity contribution in [1.29, 1.82) is 0 Å². The molecule has 1 aliphatic rings. The molecule has 0 aliphatic carbocycles. The number of hydrogen-bond acceptors (Lipinski definition) is 8. The van der Waals surface area contributed by atoms with Crippen molar-refractivity contribution in [2.45, 2.75) is 51.6 Å². The van der Waals surface area contributed by atoms with Gasteiger partial charge in [-0.25, -0.2) is 0 Å². The lowest BCUT2D eigenvalue weighted by atomic mass is 9.85. The van der Waals surface area contributed by atoms with Crippen LogP contribution < -0.4 is 10.2 Å². The first-order chi connectivity index (χ1) is 15.3. The number of ether oxygens (including phenoxy) is 1. The van der Waals surface area contributed by atoms with E-state index in [1.807, 2.05) is 0 Å². The van der Waals surface area contributed by atoms with Gasteiger partial charge >= 0.3 is 0 Å². The molecule has 0 amide bonds. The zero-order valence-corrected chi connectivity index (χ0v) is 18.9. The topological polar surface area (TPSA) is 141 Å². The normalized spacial score (nSPS) is 20.4. The summed E-state index contributed by atoms with van der Waals surface area (Å²) in [5.41, 5.74) is -0.618. The summed E-state index contributed by atoms with van der Waals surface area (Å²) in [6, 6.07) is 4.13. The summed E-state index contributed by atoms with van der Waals surface area (Å²) in [5, 5.41) is 52.7. The molecule has 0 fully saturated rings. The van der Waals surface area contributed by atoms with E-state index < -0.39 is 35.3 Å². The molecule has 33 heavy (non-hydrogen) atoms. The number of hydrogen-bond donors (Lipinski definition) is 5. The van der Waals surface area contributed by atoms with E-state index in [-0.39, 0.29) is 45.4 Å². The Morgan fingerprint density at radius 3 is 2.52 bits per heavy atom. The van der Waals surface area contributed by atoms with Crippen LogP contribution in [0, 0.1) is 12.8 Å². The van der Waals surface area contributed by atoms with E-state index in [9.17, 15) is 30.3 Å². The van der Waals surface area contributed by atoms with Crippen LogP contribution in [0.1, 0.15) is 49.7 Å². The van der Waals surface area contributed by atoms with E-state index >= 15 is 0 Å². The molecule has 3 aromatic rings. The average molecular weight is 456 g/mol. The van der Waals surface area contributed by atoms with Gasteiger partial charge in [0.15, 0.2) is 0 Å². The standard InChI is InChI=1S/C25H28O8/c1-10(2)13-9-32-22-11(3)8-15-17(18(22)19(13)27)21(29)16-14(26)7-6-12(23(16)33-15)20(28)24(30)25(4,5)31/h6-8,13,19-20,24,26-28,30-31H,1,9H2,2-5H3/t13-,19+,20+,24+/m0/s1. The van der Waals surface area contributed by atoms with E-state index in [2.05, 4.69) is 6.58 Å². The predicted molar refractivity (Wildman–Crippen MR) is 122 cm³/mol. The molecule has 2 aromatic carbocycles. The van der Waals surface area contributed by atoms with Gasteiger partial charge in [0.2, 0.25) is 5.43 Å². The number of aliphatic hydroxyl groups excluding tert-OH is 3.